The second kappa shape index (κ2) is 7.64. The molecule has 0 atom stereocenters. The SMILES string of the molecule is COc1ccc(CCNCc2ccc(OC)c(F)c2)cc1. The molecule has 0 aliphatic rings. The van der Waals surface area contributed by atoms with Crippen LogP contribution in [0.4, 0.5) is 4.39 Å². The molecule has 2 aromatic rings. The molecule has 4 heteroatoms. The van der Waals surface area contributed by atoms with Crippen LogP contribution in [0.1, 0.15) is 11.1 Å². The second-order valence-electron chi connectivity index (χ2n) is 4.74. The molecule has 0 amide bonds. The van der Waals surface area contributed by atoms with Gasteiger partial charge in [0.05, 0.1) is 14.2 Å². The monoisotopic (exact) mass is 289 g/mol. The Morgan fingerprint density at radius 3 is 2.29 bits per heavy atom. The van der Waals surface area contributed by atoms with Crippen molar-refractivity contribution in [1.29, 1.82) is 0 Å². The smallest absolute Gasteiger partial charge is 0.165 e. The highest BCUT2D eigenvalue weighted by Gasteiger charge is 2.03. The maximum Gasteiger partial charge on any atom is 0.165 e. The van der Waals surface area contributed by atoms with Crippen LogP contribution in [-0.2, 0) is 13.0 Å². The lowest BCUT2D eigenvalue weighted by atomic mass is 10.1. The zero-order valence-electron chi connectivity index (χ0n) is 12.4. The summed E-state index contributed by atoms with van der Waals surface area (Å²) in [7, 11) is 3.12. The van der Waals surface area contributed by atoms with Gasteiger partial charge in [-0.3, -0.25) is 0 Å². The van der Waals surface area contributed by atoms with E-state index in [-0.39, 0.29) is 11.6 Å². The second-order valence-corrected chi connectivity index (χ2v) is 4.74. The summed E-state index contributed by atoms with van der Waals surface area (Å²) >= 11 is 0. The molecular weight excluding hydrogens is 269 g/mol. The predicted molar refractivity (Wildman–Crippen MR) is 81.4 cm³/mol. The zero-order valence-corrected chi connectivity index (χ0v) is 12.4. The number of benzene rings is 2. The first-order valence-corrected chi connectivity index (χ1v) is 6.89. The Kier molecular flexibility index (Phi) is 5.58. The maximum atomic E-state index is 13.5. The standard InChI is InChI=1S/C17H20FNO2/c1-20-15-6-3-13(4-7-15)9-10-19-12-14-5-8-17(21-2)16(18)11-14/h3-8,11,19H,9-10,12H2,1-2H3. The molecule has 0 saturated carbocycles. The molecule has 2 aromatic carbocycles. The molecular formula is C17H20FNO2. The molecule has 0 aliphatic carbocycles. The minimum atomic E-state index is -0.327. The summed E-state index contributed by atoms with van der Waals surface area (Å²) in [6, 6.07) is 13.0. The van der Waals surface area contributed by atoms with Gasteiger partial charge in [-0.25, -0.2) is 4.39 Å². The number of methoxy groups -OCH3 is 2. The lowest BCUT2D eigenvalue weighted by molar-refractivity contribution is 0.386. The summed E-state index contributed by atoms with van der Waals surface area (Å²) in [5.74, 6) is 0.810. The Morgan fingerprint density at radius 2 is 1.67 bits per heavy atom. The Morgan fingerprint density at radius 1 is 0.952 bits per heavy atom. The van der Waals surface area contributed by atoms with E-state index in [4.69, 9.17) is 9.47 Å². The van der Waals surface area contributed by atoms with E-state index in [1.165, 1.54) is 18.7 Å². The van der Waals surface area contributed by atoms with E-state index in [1.54, 1.807) is 13.2 Å². The number of hydrogen-bond donors (Lipinski definition) is 1. The minimum Gasteiger partial charge on any atom is -0.497 e. The number of halogens is 1. The van der Waals surface area contributed by atoms with Crippen molar-refractivity contribution in [1.82, 2.24) is 5.32 Å². The van der Waals surface area contributed by atoms with Crippen LogP contribution in [0.15, 0.2) is 42.5 Å². The van der Waals surface area contributed by atoms with Crippen LogP contribution in [0.5, 0.6) is 11.5 Å². The van der Waals surface area contributed by atoms with Gasteiger partial charge in [-0.05, 0) is 48.4 Å². The van der Waals surface area contributed by atoms with Crippen molar-refractivity contribution < 1.29 is 13.9 Å². The molecule has 0 fully saturated rings. The third-order valence-corrected chi connectivity index (χ3v) is 3.29. The van der Waals surface area contributed by atoms with Gasteiger partial charge in [0.1, 0.15) is 5.75 Å². The molecule has 2 rings (SSSR count). The Hall–Kier alpha value is -2.07. The summed E-state index contributed by atoms with van der Waals surface area (Å²) in [5.41, 5.74) is 2.15. The van der Waals surface area contributed by atoms with Crippen LogP contribution in [0.25, 0.3) is 0 Å². The fourth-order valence-corrected chi connectivity index (χ4v) is 2.08. The predicted octanol–water partition coefficient (Wildman–Crippen LogP) is 3.18. The fraction of sp³-hybridized carbons (Fsp3) is 0.294. The Bertz CT molecular complexity index is 570. The molecule has 0 heterocycles. The van der Waals surface area contributed by atoms with Gasteiger partial charge in [0, 0.05) is 6.54 Å². The molecule has 0 saturated heterocycles. The summed E-state index contributed by atoms with van der Waals surface area (Å²) in [6.07, 6.45) is 0.919. The molecule has 112 valence electrons. The lowest BCUT2D eigenvalue weighted by Gasteiger charge is -2.07. The van der Waals surface area contributed by atoms with E-state index in [2.05, 4.69) is 5.32 Å². The lowest BCUT2D eigenvalue weighted by Crippen LogP contribution is -2.16. The van der Waals surface area contributed by atoms with E-state index in [0.29, 0.717) is 6.54 Å². The first-order valence-electron chi connectivity index (χ1n) is 6.89. The number of nitrogens with one attached hydrogen (secondary N) is 1. The average Bonchev–Trinajstić information content (AvgIpc) is 2.52. The molecule has 1 N–H and O–H groups in total. The highest BCUT2D eigenvalue weighted by molar-refractivity contribution is 5.29. The molecule has 21 heavy (non-hydrogen) atoms. The first kappa shape index (κ1) is 15.3. The van der Waals surface area contributed by atoms with Gasteiger partial charge in [-0.15, -0.1) is 0 Å². The molecule has 3 nitrogen and oxygen atoms in total. The van der Waals surface area contributed by atoms with Crippen LogP contribution < -0.4 is 14.8 Å². The van der Waals surface area contributed by atoms with Crippen molar-refractivity contribution in [2.75, 3.05) is 20.8 Å². The molecule has 0 spiro atoms. The zero-order chi connectivity index (χ0) is 15.1. The van der Waals surface area contributed by atoms with E-state index >= 15 is 0 Å². The molecule has 0 radical (unpaired) electrons. The van der Waals surface area contributed by atoms with Gasteiger partial charge in [-0.1, -0.05) is 18.2 Å². The molecule has 0 unspecified atom stereocenters. The fourth-order valence-electron chi connectivity index (χ4n) is 2.08. The summed E-state index contributed by atoms with van der Waals surface area (Å²) in [4.78, 5) is 0. The minimum absolute atomic E-state index is 0.275. The Balaban J connectivity index is 1.77. The highest BCUT2D eigenvalue weighted by atomic mass is 19.1. The van der Waals surface area contributed by atoms with Crippen LogP contribution >= 0.6 is 0 Å². The van der Waals surface area contributed by atoms with E-state index < -0.39 is 0 Å². The van der Waals surface area contributed by atoms with Crippen LogP contribution in [0.2, 0.25) is 0 Å². The van der Waals surface area contributed by atoms with Crippen molar-refractivity contribution >= 4 is 0 Å². The highest BCUT2D eigenvalue weighted by Crippen LogP contribution is 2.17. The number of rotatable bonds is 7. The third kappa shape index (κ3) is 4.46. The molecule has 0 bridgehead atoms. The van der Waals surface area contributed by atoms with Crippen LogP contribution in [0.3, 0.4) is 0 Å². The van der Waals surface area contributed by atoms with Crippen LogP contribution in [-0.4, -0.2) is 20.8 Å². The third-order valence-electron chi connectivity index (χ3n) is 3.29. The van der Waals surface area contributed by atoms with Crippen LogP contribution in [0, 0.1) is 5.82 Å². The van der Waals surface area contributed by atoms with E-state index in [0.717, 1.165) is 24.3 Å². The first-order chi connectivity index (χ1) is 10.2. The number of hydrogen-bond acceptors (Lipinski definition) is 3. The van der Waals surface area contributed by atoms with Crippen molar-refractivity contribution in [2.45, 2.75) is 13.0 Å². The quantitative estimate of drug-likeness (QED) is 0.794. The van der Waals surface area contributed by atoms with Crippen molar-refractivity contribution in [3.8, 4) is 11.5 Å². The Labute approximate surface area is 124 Å². The van der Waals surface area contributed by atoms with Crippen molar-refractivity contribution in [3.63, 3.8) is 0 Å². The molecule has 0 aromatic heterocycles. The normalized spacial score (nSPS) is 10.4. The van der Waals surface area contributed by atoms with Crippen molar-refractivity contribution in [2.24, 2.45) is 0 Å². The maximum absolute atomic E-state index is 13.5. The van der Waals surface area contributed by atoms with Gasteiger partial charge >= 0.3 is 0 Å². The largest absolute Gasteiger partial charge is 0.497 e. The van der Waals surface area contributed by atoms with Gasteiger partial charge < -0.3 is 14.8 Å². The van der Waals surface area contributed by atoms with Gasteiger partial charge in [0.15, 0.2) is 11.6 Å². The summed E-state index contributed by atoms with van der Waals surface area (Å²) < 4.78 is 23.5. The van der Waals surface area contributed by atoms with Gasteiger partial charge in [0.25, 0.3) is 0 Å². The summed E-state index contributed by atoms with van der Waals surface area (Å²) in [6.45, 7) is 1.47. The van der Waals surface area contributed by atoms with Crippen molar-refractivity contribution in [3.05, 3.63) is 59.4 Å². The summed E-state index contributed by atoms with van der Waals surface area (Å²) in [5, 5.41) is 3.30. The average molecular weight is 289 g/mol. The van der Waals surface area contributed by atoms with Gasteiger partial charge in [-0.2, -0.15) is 0 Å². The van der Waals surface area contributed by atoms with E-state index in [1.807, 2.05) is 30.3 Å². The van der Waals surface area contributed by atoms with E-state index in [9.17, 15) is 4.39 Å². The molecule has 0 aliphatic heterocycles. The topological polar surface area (TPSA) is 30.5 Å². The van der Waals surface area contributed by atoms with Gasteiger partial charge in [0.2, 0.25) is 0 Å². The number of ether oxygens (including phenoxy) is 2.